The number of imidazole rings is 1. The second-order valence-electron chi connectivity index (χ2n) is 4.95. The summed E-state index contributed by atoms with van der Waals surface area (Å²) in [6.45, 7) is 0. The van der Waals surface area contributed by atoms with Crippen molar-refractivity contribution in [1.82, 2.24) is 9.38 Å². The monoisotopic (exact) mass is 292 g/mol. The van der Waals surface area contributed by atoms with E-state index in [2.05, 4.69) is 4.98 Å². The second-order valence-corrected chi connectivity index (χ2v) is 5.82. The third-order valence-corrected chi connectivity index (χ3v) is 4.35. The summed E-state index contributed by atoms with van der Waals surface area (Å²) in [4.78, 5) is 18.0. The molecule has 0 saturated heterocycles. The van der Waals surface area contributed by atoms with Crippen molar-refractivity contribution in [2.45, 2.75) is 6.42 Å². The van der Waals surface area contributed by atoms with Gasteiger partial charge in [-0.15, -0.1) is 11.3 Å². The first-order valence-electron chi connectivity index (χ1n) is 6.73. The number of hydrogen-bond acceptors (Lipinski definition) is 3. The summed E-state index contributed by atoms with van der Waals surface area (Å²) in [5.41, 5.74) is 1.59. The fourth-order valence-corrected chi connectivity index (χ4v) is 3.31. The molecule has 0 bridgehead atoms. The molecule has 3 nitrogen and oxygen atoms in total. The van der Waals surface area contributed by atoms with Crippen molar-refractivity contribution >= 4 is 32.9 Å². The van der Waals surface area contributed by atoms with E-state index in [1.54, 1.807) is 11.3 Å². The molecule has 0 amide bonds. The zero-order valence-corrected chi connectivity index (χ0v) is 12.0. The van der Waals surface area contributed by atoms with Crippen molar-refractivity contribution in [3.8, 4) is 0 Å². The van der Waals surface area contributed by atoms with Crippen LogP contribution in [0.2, 0.25) is 0 Å². The Bertz CT molecular complexity index is 918. The third kappa shape index (κ3) is 2.14. The molecule has 0 spiro atoms. The Morgan fingerprint density at radius 1 is 1.14 bits per heavy atom. The van der Waals surface area contributed by atoms with Crippen LogP contribution in [0, 0.1) is 0 Å². The standard InChI is InChI=1S/C17H12N2OS/c20-16(10-13-11-19-8-9-21-17(19)18-13)15-7-3-5-12-4-1-2-6-14(12)15/h1-9,11H,10H2. The number of ketones is 1. The molecule has 2 aromatic carbocycles. The van der Waals surface area contributed by atoms with Gasteiger partial charge in [0.1, 0.15) is 0 Å². The smallest absolute Gasteiger partial charge is 0.193 e. The largest absolute Gasteiger partial charge is 0.297 e. The number of fused-ring (bicyclic) bond motifs is 2. The van der Waals surface area contributed by atoms with Crippen LogP contribution in [-0.4, -0.2) is 15.2 Å². The third-order valence-electron chi connectivity index (χ3n) is 3.57. The minimum Gasteiger partial charge on any atom is -0.297 e. The molecular formula is C17H12N2OS. The topological polar surface area (TPSA) is 34.4 Å². The highest BCUT2D eigenvalue weighted by Gasteiger charge is 2.13. The maximum Gasteiger partial charge on any atom is 0.193 e. The van der Waals surface area contributed by atoms with Gasteiger partial charge in [0, 0.05) is 23.3 Å². The molecule has 0 radical (unpaired) electrons. The molecule has 0 aliphatic rings. The highest BCUT2D eigenvalue weighted by molar-refractivity contribution is 7.15. The molecule has 0 unspecified atom stereocenters. The summed E-state index contributed by atoms with van der Waals surface area (Å²) in [5.74, 6) is 0.109. The number of hydrogen-bond donors (Lipinski definition) is 0. The molecule has 21 heavy (non-hydrogen) atoms. The minimum atomic E-state index is 0.109. The summed E-state index contributed by atoms with van der Waals surface area (Å²) in [6, 6.07) is 13.8. The van der Waals surface area contributed by atoms with Gasteiger partial charge in [0.2, 0.25) is 0 Å². The van der Waals surface area contributed by atoms with Crippen LogP contribution in [0.4, 0.5) is 0 Å². The fourth-order valence-electron chi connectivity index (χ4n) is 2.59. The summed E-state index contributed by atoms with van der Waals surface area (Å²) < 4.78 is 1.95. The quantitative estimate of drug-likeness (QED) is 0.535. The van der Waals surface area contributed by atoms with E-state index in [1.807, 2.05) is 64.6 Å². The normalized spacial score (nSPS) is 11.2. The molecule has 2 aromatic heterocycles. The van der Waals surface area contributed by atoms with Gasteiger partial charge in [-0.1, -0.05) is 42.5 Å². The van der Waals surface area contributed by atoms with Crippen LogP contribution in [0.15, 0.2) is 60.2 Å². The van der Waals surface area contributed by atoms with Crippen LogP contribution in [0.1, 0.15) is 16.1 Å². The number of aromatic nitrogens is 2. The zero-order valence-electron chi connectivity index (χ0n) is 11.2. The van der Waals surface area contributed by atoms with Crippen LogP contribution in [-0.2, 0) is 6.42 Å². The molecule has 2 heterocycles. The first-order chi connectivity index (χ1) is 10.3. The Kier molecular flexibility index (Phi) is 2.82. The van der Waals surface area contributed by atoms with Gasteiger partial charge in [-0.25, -0.2) is 4.98 Å². The van der Waals surface area contributed by atoms with E-state index >= 15 is 0 Å². The number of carbonyl (C=O) groups excluding carboxylic acids is 1. The number of nitrogens with zero attached hydrogens (tertiary/aromatic N) is 2. The van der Waals surface area contributed by atoms with Crippen molar-refractivity contribution in [2.75, 3.05) is 0 Å². The van der Waals surface area contributed by atoms with Crippen molar-refractivity contribution < 1.29 is 4.79 Å². The van der Waals surface area contributed by atoms with Gasteiger partial charge >= 0.3 is 0 Å². The Morgan fingerprint density at radius 2 is 2.00 bits per heavy atom. The number of rotatable bonds is 3. The van der Waals surface area contributed by atoms with Gasteiger partial charge in [0.05, 0.1) is 12.1 Å². The molecule has 0 aliphatic carbocycles. The minimum absolute atomic E-state index is 0.109. The molecule has 4 aromatic rings. The van der Waals surface area contributed by atoms with E-state index in [-0.39, 0.29) is 5.78 Å². The number of thiazole rings is 1. The van der Waals surface area contributed by atoms with Gasteiger partial charge in [-0.3, -0.25) is 9.20 Å². The van der Waals surface area contributed by atoms with Gasteiger partial charge < -0.3 is 0 Å². The SMILES string of the molecule is O=C(Cc1cn2ccsc2n1)c1cccc2ccccc12. The van der Waals surface area contributed by atoms with E-state index < -0.39 is 0 Å². The maximum atomic E-state index is 12.6. The van der Waals surface area contributed by atoms with Crippen LogP contribution < -0.4 is 0 Å². The molecule has 4 heteroatoms. The van der Waals surface area contributed by atoms with Gasteiger partial charge in [-0.05, 0) is 10.8 Å². The summed E-state index contributed by atoms with van der Waals surface area (Å²) in [6.07, 6.45) is 4.22. The lowest BCUT2D eigenvalue weighted by atomic mass is 9.99. The molecule has 4 rings (SSSR count). The summed E-state index contributed by atoms with van der Waals surface area (Å²) in [5, 5.41) is 4.08. The van der Waals surface area contributed by atoms with Crippen LogP contribution in [0.25, 0.3) is 15.7 Å². The first-order valence-corrected chi connectivity index (χ1v) is 7.61. The number of benzene rings is 2. The Balaban J connectivity index is 1.71. The van der Waals surface area contributed by atoms with E-state index in [0.29, 0.717) is 6.42 Å². The lowest BCUT2D eigenvalue weighted by Gasteiger charge is -2.04. The summed E-state index contributed by atoms with van der Waals surface area (Å²) >= 11 is 1.57. The van der Waals surface area contributed by atoms with Crippen LogP contribution in [0.3, 0.4) is 0 Å². The van der Waals surface area contributed by atoms with E-state index in [1.165, 1.54) is 0 Å². The van der Waals surface area contributed by atoms with Crippen molar-refractivity contribution in [3.05, 3.63) is 71.5 Å². The molecule has 0 atom stereocenters. The van der Waals surface area contributed by atoms with E-state index in [4.69, 9.17) is 0 Å². The number of carbonyl (C=O) groups is 1. The van der Waals surface area contributed by atoms with Crippen molar-refractivity contribution in [3.63, 3.8) is 0 Å². The van der Waals surface area contributed by atoms with Gasteiger partial charge in [0.15, 0.2) is 10.7 Å². The van der Waals surface area contributed by atoms with Crippen LogP contribution in [0.5, 0.6) is 0 Å². The first kappa shape index (κ1) is 12.3. The molecule has 0 saturated carbocycles. The van der Waals surface area contributed by atoms with Gasteiger partial charge in [0.25, 0.3) is 0 Å². The maximum absolute atomic E-state index is 12.6. The fraction of sp³-hybridized carbons (Fsp3) is 0.0588. The molecular weight excluding hydrogens is 280 g/mol. The molecule has 0 aliphatic heterocycles. The van der Waals surface area contributed by atoms with E-state index in [9.17, 15) is 4.79 Å². The van der Waals surface area contributed by atoms with Crippen molar-refractivity contribution in [1.29, 1.82) is 0 Å². The van der Waals surface area contributed by atoms with Gasteiger partial charge in [-0.2, -0.15) is 0 Å². The number of Topliss-reactive ketones (excluding diaryl/α,β-unsaturated/α-hetero) is 1. The van der Waals surface area contributed by atoms with E-state index in [0.717, 1.165) is 27.0 Å². The zero-order chi connectivity index (χ0) is 14.2. The Morgan fingerprint density at radius 3 is 2.90 bits per heavy atom. The highest BCUT2D eigenvalue weighted by atomic mass is 32.1. The summed E-state index contributed by atoms with van der Waals surface area (Å²) in [7, 11) is 0. The molecule has 0 fully saturated rings. The highest BCUT2D eigenvalue weighted by Crippen LogP contribution is 2.20. The lowest BCUT2D eigenvalue weighted by Crippen LogP contribution is -2.04. The Hall–Kier alpha value is -2.46. The predicted molar refractivity (Wildman–Crippen MR) is 85.1 cm³/mol. The lowest BCUT2D eigenvalue weighted by molar-refractivity contribution is 0.0993. The average Bonchev–Trinajstić information content (AvgIpc) is 3.07. The van der Waals surface area contributed by atoms with Crippen LogP contribution >= 0.6 is 11.3 Å². The van der Waals surface area contributed by atoms with Crippen molar-refractivity contribution in [2.24, 2.45) is 0 Å². The second kappa shape index (κ2) is 4.82. The molecule has 102 valence electrons. The molecule has 0 N–H and O–H groups in total. The average molecular weight is 292 g/mol. The predicted octanol–water partition coefficient (Wildman–Crippen LogP) is 3.97. The Labute approximate surface area is 125 Å².